The van der Waals surface area contributed by atoms with E-state index in [1.165, 1.54) is 12.1 Å². The van der Waals surface area contributed by atoms with Gasteiger partial charge in [-0.25, -0.2) is 4.39 Å². The average molecular weight is 221 g/mol. The van der Waals surface area contributed by atoms with Gasteiger partial charge in [-0.15, -0.1) is 0 Å². The summed E-state index contributed by atoms with van der Waals surface area (Å²) in [5.41, 5.74) is 0. The molecule has 12 heavy (non-hydrogen) atoms. The second-order valence-electron chi connectivity index (χ2n) is 1.91. The minimum absolute atomic E-state index is 0. The smallest absolute Gasteiger partial charge is 0.282 e. The quantitative estimate of drug-likeness (QED) is 0.721. The van der Waals surface area contributed by atoms with Crippen LogP contribution in [0, 0.1) is 5.82 Å². The molecule has 6 heteroatoms. The molecule has 1 rings (SSSR count). The van der Waals surface area contributed by atoms with Gasteiger partial charge in [-0.3, -0.25) is 4.55 Å². The van der Waals surface area contributed by atoms with Gasteiger partial charge in [0.2, 0.25) is 0 Å². The Bertz CT molecular complexity index is 363. The molecular weight excluding hydrogens is 216 g/mol. The van der Waals surface area contributed by atoms with Crippen LogP contribution in [-0.2, 0) is 36.0 Å². The molecule has 0 saturated carbocycles. The van der Waals surface area contributed by atoms with Gasteiger partial charge in [0, 0.05) is 25.8 Å². The van der Waals surface area contributed by atoms with Gasteiger partial charge in [-0.1, -0.05) is 12.1 Å². The summed E-state index contributed by atoms with van der Waals surface area (Å²) in [5.74, 6) is -0.949. The maximum Gasteiger partial charge on any atom is 0.297 e. The van der Waals surface area contributed by atoms with E-state index in [1.807, 2.05) is 0 Å². The normalized spacial score (nSPS) is 10.5. The van der Waals surface area contributed by atoms with Gasteiger partial charge < -0.3 is 0 Å². The molecule has 0 aliphatic carbocycles. The molecule has 0 aliphatic rings. The summed E-state index contributed by atoms with van der Waals surface area (Å²) in [4.78, 5) is -0.694. The molecule has 0 fully saturated rings. The standard InChI is InChI=1S/C6H5FO3S.Sc/c7-5-3-1-2-4-6(5)11(8,9)10;/h1-4H,(H,8,9,10);. The predicted molar refractivity (Wildman–Crippen MR) is 36.2 cm³/mol. The Labute approximate surface area is 88.1 Å². The third-order valence-corrected chi connectivity index (χ3v) is 2.00. The molecule has 0 heterocycles. The number of benzene rings is 1. The summed E-state index contributed by atoms with van der Waals surface area (Å²) < 4.78 is 41.7. The number of hydrogen-bond acceptors (Lipinski definition) is 2. The third kappa shape index (κ3) is 2.76. The third-order valence-electron chi connectivity index (χ3n) is 1.11. The maximum atomic E-state index is 12.5. The van der Waals surface area contributed by atoms with Crippen LogP contribution in [0.4, 0.5) is 4.39 Å². The zero-order valence-electron chi connectivity index (χ0n) is 5.94. The van der Waals surface area contributed by atoms with Gasteiger partial charge in [0.05, 0.1) is 0 Å². The molecule has 0 bridgehead atoms. The van der Waals surface area contributed by atoms with E-state index in [0.29, 0.717) is 0 Å². The van der Waals surface area contributed by atoms with Crippen molar-refractivity contribution in [2.24, 2.45) is 0 Å². The number of halogens is 1. The molecule has 0 amide bonds. The van der Waals surface area contributed by atoms with E-state index in [0.717, 1.165) is 12.1 Å². The van der Waals surface area contributed by atoms with Crippen LogP contribution in [0.1, 0.15) is 0 Å². The average Bonchev–Trinajstić information content (AvgIpc) is 1.86. The molecule has 1 N–H and O–H groups in total. The van der Waals surface area contributed by atoms with E-state index < -0.39 is 20.8 Å². The fraction of sp³-hybridized carbons (Fsp3) is 0. The first-order chi connectivity index (χ1) is 5.02. The first-order valence-electron chi connectivity index (χ1n) is 2.74. The van der Waals surface area contributed by atoms with Gasteiger partial charge >= 0.3 is 0 Å². The van der Waals surface area contributed by atoms with Gasteiger partial charge in [0.1, 0.15) is 10.7 Å². The van der Waals surface area contributed by atoms with E-state index in [2.05, 4.69) is 0 Å². The van der Waals surface area contributed by atoms with Crippen LogP contribution in [0.5, 0.6) is 0 Å². The number of hydrogen-bond donors (Lipinski definition) is 1. The Hall–Kier alpha value is -0.0699. The van der Waals surface area contributed by atoms with Crippen molar-refractivity contribution in [2.45, 2.75) is 4.90 Å². The van der Waals surface area contributed by atoms with Crippen molar-refractivity contribution >= 4 is 10.1 Å². The first kappa shape index (κ1) is 11.9. The zero-order valence-corrected chi connectivity index (χ0v) is 8.56. The Morgan fingerprint density at radius 1 is 1.25 bits per heavy atom. The fourth-order valence-electron chi connectivity index (χ4n) is 0.654. The minimum Gasteiger partial charge on any atom is -0.282 e. The van der Waals surface area contributed by atoms with Crippen LogP contribution in [-0.4, -0.2) is 13.0 Å². The Morgan fingerprint density at radius 3 is 2.08 bits per heavy atom. The topological polar surface area (TPSA) is 54.4 Å². The largest absolute Gasteiger partial charge is 0.297 e. The zero-order chi connectivity index (χ0) is 8.48. The van der Waals surface area contributed by atoms with Crippen LogP contribution in [0.2, 0.25) is 0 Å². The van der Waals surface area contributed by atoms with Crippen molar-refractivity contribution in [1.82, 2.24) is 0 Å². The maximum absolute atomic E-state index is 12.5. The van der Waals surface area contributed by atoms with Crippen molar-refractivity contribution in [3.05, 3.63) is 30.1 Å². The molecule has 3 nitrogen and oxygen atoms in total. The van der Waals surface area contributed by atoms with E-state index in [-0.39, 0.29) is 25.8 Å². The second kappa shape index (κ2) is 4.25. The Balaban J connectivity index is 0.00000121. The summed E-state index contributed by atoms with van der Waals surface area (Å²) in [5, 5.41) is 0. The summed E-state index contributed by atoms with van der Waals surface area (Å²) in [6, 6.07) is 4.62. The van der Waals surface area contributed by atoms with Crippen molar-refractivity contribution in [1.29, 1.82) is 0 Å². The second-order valence-corrected chi connectivity index (χ2v) is 3.30. The van der Waals surface area contributed by atoms with Crippen LogP contribution in [0.3, 0.4) is 0 Å². The molecule has 0 unspecified atom stereocenters. The van der Waals surface area contributed by atoms with Crippen LogP contribution in [0.25, 0.3) is 0 Å². The van der Waals surface area contributed by atoms with Crippen molar-refractivity contribution in [3.63, 3.8) is 0 Å². The molecule has 0 atom stereocenters. The molecule has 63 valence electrons. The van der Waals surface area contributed by atoms with Crippen LogP contribution in [0.15, 0.2) is 29.2 Å². The van der Waals surface area contributed by atoms with Crippen molar-refractivity contribution < 1.29 is 43.2 Å². The summed E-state index contributed by atoms with van der Waals surface area (Å²) in [6.07, 6.45) is 0. The molecule has 0 spiro atoms. The molecule has 0 aliphatic heterocycles. The van der Waals surface area contributed by atoms with Crippen LogP contribution >= 0.6 is 0 Å². The van der Waals surface area contributed by atoms with Gasteiger partial charge in [-0.2, -0.15) is 8.42 Å². The fourth-order valence-corrected chi connectivity index (χ4v) is 1.22. The van der Waals surface area contributed by atoms with E-state index in [9.17, 15) is 12.8 Å². The molecular formula is C6H5FO3SSc. The van der Waals surface area contributed by atoms with E-state index >= 15 is 0 Å². The Morgan fingerprint density at radius 2 is 1.75 bits per heavy atom. The molecule has 1 aromatic carbocycles. The molecule has 1 radical (unpaired) electrons. The predicted octanol–water partition coefficient (Wildman–Crippen LogP) is 1.07. The van der Waals surface area contributed by atoms with Gasteiger partial charge in [0.15, 0.2) is 0 Å². The molecule has 0 aromatic heterocycles. The van der Waals surface area contributed by atoms with Gasteiger partial charge in [0.25, 0.3) is 10.1 Å². The molecule has 0 saturated heterocycles. The minimum atomic E-state index is -4.41. The summed E-state index contributed by atoms with van der Waals surface area (Å²) in [6.45, 7) is 0. The van der Waals surface area contributed by atoms with Crippen LogP contribution < -0.4 is 0 Å². The van der Waals surface area contributed by atoms with Crippen molar-refractivity contribution in [2.75, 3.05) is 0 Å². The Kier molecular flexibility index (Phi) is 4.22. The van der Waals surface area contributed by atoms with E-state index in [1.54, 1.807) is 0 Å². The summed E-state index contributed by atoms with van der Waals surface area (Å²) in [7, 11) is -4.41. The number of rotatable bonds is 1. The SMILES string of the molecule is O=S(=O)(O)c1ccccc1F.[Sc]. The monoisotopic (exact) mass is 221 g/mol. The first-order valence-corrected chi connectivity index (χ1v) is 4.18. The van der Waals surface area contributed by atoms with Gasteiger partial charge in [-0.05, 0) is 12.1 Å². The van der Waals surface area contributed by atoms with Crippen molar-refractivity contribution in [3.8, 4) is 0 Å². The summed E-state index contributed by atoms with van der Waals surface area (Å²) >= 11 is 0. The van der Waals surface area contributed by atoms with E-state index in [4.69, 9.17) is 4.55 Å². The molecule has 1 aromatic rings.